The summed E-state index contributed by atoms with van der Waals surface area (Å²) in [5.41, 5.74) is 7.20. The highest BCUT2D eigenvalue weighted by molar-refractivity contribution is 5.94. The van der Waals surface area contributed by atoms with Crippen LogP contribution in [-0.2, 0) is 4.79 Å². The Morgan fingerprint density at radius 1 is 1.35 bits per heavy atom. The summed E-state index contributed by atoms with van der Waals surface area (Å²) in [6.07, 6.45) is 2.41. The van der Waals surface area contributed by atoms with Crippen molar-refractivity contribution in [3.05, 3.63) is 53.6 Å². The van der Waals surface area contributed by atoms with E-state index in [4.69, 9.17) is 5.73 Å². The fraction of sp³-hybridized carbons (Fsp3) is 0.421. The Morgan fingerprint density at radius 2 is 2.08 bits per heavy atom. The van der Waals surface area contributed by atoms with Gasteiger partial charge in [-0.25, -0.2) is 4.98 Å². The molecule has 1 aliphatic heterocycles. The Kier molecular flexibility index (Phi) is 5.37. The number of nitrogens with zero attached hydrogens (tertiary/aromatic N) is 2. The molecule has 7 nitrogen and oxygen atoms in total. The van der Waals surface area contributed by atoms with Gasteiger partial charge in [0.15, 0.2) is 0 Å². The molecule has 138 valence electrons. The number of hydrogen-bond donors (Lipinski definition) is 3. The molecule has 1 aromatic carbocycles. The minimum atomic E-state index is -0.209. The third-order valence-corrected chi connectivity index (χ3v) is 4.72. The normalized spacial score (nSPS) is 19.8. The summed E-state index contributed by atoms with van der Waals surface area (Å²) in [6, 6.07) is 8.71. The van der Waals surface area contributed by atoms with Gasteiger partial charge in [-0.15, -0.1) is 0 Å². The van der Waals surface area contributed by atoms with Gasteiger partial charge in [0.25, 0.3) is 5.91 Å². The van der Waals surface area contributed by atoms with E-state index in [0.717, 1.165) is 11.5 Å². The summed E-state index contributed by atoms with van der Waals surface area (Å²) in [7, 11) is 0. The van der Waals surface area contributed by atoms with Crippen molar-refractivity contribution >= 4 is 11.8 Å². The van der Waals surface area contributed by atoms with Crippen LogP contribution in [0.5, 0.6) is 0 Å². The largest absolute Gasteiger partial charge is 0.347 e. The first kappa shape index (κ1) is 18.1. The first-order chi connectivity index (χ1) is 12.5. The molecule has 3 rings (SSSR count). The maximum absolute atomic E-state index is 12.4. The van der Waals surface area contributed by atoms with Crippen LogP contribution in [0.2, 0.25) is 0 Å². The highest BCUT2D eigenvalue weighted by atomic mass is 16.2. The van der Waals surface area contributed by atoms with Gasteiger partial charge in [-0.2, -0.15) is 0 Å². The van der Waals surface area contributed by atoms with E-state index in [1.807, 2.05) is 18.2 Å². The molecule has 2 amide bonds. The van der Waals surface area contributed by atoms with Crippen molar-refractivity contribution in [2.24, 2.45) is 5.73 Å². The molecule has 0 aliphatic carbocycles. The summed E-state index contributed by atoms with van der Waals surface area (Å²) in [4.78, 5) is 34.2. The maximum Gasteiger partial charge on any atom is 0.251 e. The van der Waals surface area contributed by atoms with E-state index in [1.165, 1.54) is 0 Å². The van der Waals surface area contributed by atoms with Crippen molar-refractivity contribution in [2.75, 3.05) is 13.1 Å². The fourth-order valence-corrected chi connectivity index (χ4v) is 3.27. The number of imidazole rings is 1. The monoisotopic (exact) mass is 355 g/mol. The zero-order chi connectivity index (χ0) is 18.7. The summed E-state index contributed by atoms with van der Waals surface area (Å²) < 4.78 is 0. The predicted octanol–water partition coefficient (Wildman–Crippen LogP) is 1.56. The Bertz CT molecular complexity index is 771. The quantitative estimate of drug-likeness (QED) is 0.757. The van der Waals surface area contributed by atoms with Gasteiger partial charge in [-0.05, 0) is 24.5 Å². The Morgan fingerprint density at radius 3 is 2.69 bits per heavy atom. The van der Waals surface area contributed by atoms with Gasteiger partial charge in [0.05, 0.1) is 12.6 Å². The lowest BCUT2D eigenvalue weighted by Crippen LogP contribution is -2.40. The fourth-order valence-electron chi connectivity index (χ4n) is 3.27. The molecule has 1 aliphatic rings. The number of nitrogens with one attached hydrogen (secondary N) is 2. The lowest BCUT2D eigenvalue weighted by Gasteiger charge is -2.22. The van der Waals surface area contributed by atoms with Crippen molar-refractivity contribution in [3.63, 3.8) is 0 Å². The average Bonchev–Trinajstić information content (AvgIpc) is 3.28. The van der Waals surface area contributed by atoms with Crippen LogP contribution >= 0.6 is 0 Å². The molecule has 1 fully saturated rings. The molecule has 2 heterocycles. The number of benzene rings is 1. The molecular formula is C19H25N5O2. The molecule has 0 saturated carbocycles. The van der Waals surface area contributed by atoms with E-state index in [0.29, 0.717) is 24.4 Å². The maximum atomic E-state index is 12.4. The number of likely N-dealkylation sites (tertiary alicyclic amines) is 1. The van der Waals surface area contributed by atoms with E-state index >= 15 is 0 Å². The van der Waals surface area contributed by atoms with Crippen LogP contribution in [-0.4, -0.2) is 45.8 Å². The van der Waals surface area contributed by atoms with Gasteiger partial charge in [-0.1, -0.05) is 32.0 Å². The SMILES string of the molecule is CC(C)c1cnc(C2CC(NC(=O)c3ccccc3)CN2C(=O)CN)[nH]1. The molecule has 0 spiro atoms. The molecule has 4 N–H and O–H groups in total. The third kappa shape index (κ3) is 3.77. The smallest absolute Gasteiger partial charge is 0.251 e. The van der Waals surface area contributed by atoms with E-state index in [-0.39, 0.29) is 30.4 Å². The summed E-state index contributed by atoms with van der Waals surface area (Å²) >= 11 is 0. The first-order valence-corrected chi connectivity index (χ1v) is 8.89. The van der Waals surface area contributed by atoms with Crippen LogP contribution < -0.4 is 11.1 Å². The number of aromatic amines is 1. The zero-order valence-corrected chi connectivity index (χ0v) is 15.1. The second-order valence-electron chi connectivity index (χ2n) is 6.92. The average molecular weight is 355 g/mol. The van der Waals surface area contributed by atoms with Gasteiger partial charge in [0.1, 0.15) is 5.82 Å². The molecule has 0 bridgehead atoms. The molecule has 0 radical (unpaired) electrons. The Balaban J connectivity index is 1.76. The van der Waals surface area contributed by atoms with E-state index in [1.54, 1.807) is 23.2 Å². The number of nitrogens with two attached hydrogens (primary N) is 1. The van der Waals surface area contributed by atoms with Crippen molar-refractivity contribution in [1.29, 1.82) is 0 Å². The van der Waals surface area contributed by atoms with Crippen LogP contribution in [0.25, 0.3) is 0 Å². The summed E-state index contributed by atoms with van der Waals surface area (Å²) in [5.74, 6) is 0.782. The van der Waals surface area contributed by atoms with Crippen LogP contribution in [0.1, 0.15) is 54.1 Å². The van der Waals surface area contributed by atoms with Gasteiger partial charge in [-0.3, -0.25) is 9.59 Å². The Hall–Kier alpha value is -2.67. The number of hydrogen-bond acceptors (Lipinski definition) is 4. The summed E-state index contributed by atoms with van der Waals surface area (Å²) in [5, 5.41) is 3.02. The molecule has 2 atom stereocenters. The van der Waals surface area contributed by atoms with Crippen LogP contribution in [0.4, 0.5) is 0 Å². The standard InChI is InChI=1S/C19H25N5O2/c1-12(2)15-10-21-18(23-15)16-8-14(11-24(16)17(25)9-20)22-19(26)13-6-4-3-5-7-13/h3-7,10,12,14,16H,8-9,11,20H2,1-2H3,(H,21,23)(H,22,26). The molecule has 2 unspecified atom stereocenters. The van der Waals surface area contributed by atoms with Gasteiger partial charge < -0.3 is 20.9 Å². The number of rotatable bonds is 5. The highest BCUT2D eigenvalue weighted by Crippen LogP contribution is 2.31. The van der Waals surface area contributed by atoms with E-state index in [9.17, 15) is 9.59 Å². The van der Waals surface area contributed by atoms with E-state index < -0.39 is 0 Å². The second kappa shape index (κ2) is 7.70. The van der Waals surface area contributed by atoms with Crippen molar-refractivity contribution < 1.29 is 9.59 Å². The van der Waals surface area contributed by atoms with Gasteiger partial charge in [0.2, 0.25) is 5.91 Å². The molecule has 26 heavy (non-hydrogen) atoms. The first-order valence-electron chi connectivity index (χ1n) is 8.89. The second-order valence-corrected chi connectivity index (χ2v) is 6.92. The van der Waals surface area contributed by atoms with Crippen molar-refractivity contribution in [2.45, 2.75) is 38.3 Å². The number of carbonyl (C=O) groups excluding carboxylic acids is 2. The number of amides is 2. The minimum Gasteiger partial charge on any atom is -0.347 e. The lowest BCUT2D eigenvalue weighted by molar-refractivity contribution is -0.130. The van der Waals surface area contributed by atoms with Gasteiger partial charge in [0, 0.05) is 30.0 Å². The summed E-state index contributed by atoms with van der Waals surface area (Å²) in [6.45, 7) is 4.53. The molecular weight excluding hydrogens is 330 g/mol. The van der Waals surface area contributed by atoms with Crippen LogP contribution in [0.15, 0.2) is 36.5 Å². The topological polar surface area (TPSA) is 104 Å². The molecule has 1 aromatic heterocycles. The van der Waals surface area contributed by atoms with Crippen molar-refractivity contribution in [1.82, 2.24) is 20.2 Å². The van der Waals surface area contributed by atoms with Crippen LogP contribution in [0, 0.1) is 0 Å². The third-order valence-electron chi connectivity index (χ3n) is 4.72. The molecule has 7 heteroatoms. The number of carbonyl (C=O) groups is 2. The van der Waals surface area contributed by atoms with Crippen molar-refractivity contribution in [3.8, 4) is 0 Å². The van der Waals surface area contributed by atoms with Crippen LogP contribution in [0.3, 0.4) is 0 Å². The van der Waals surface area contributed by atoms with E-state index in [2.05, 4.69) is 29.1 Å². The lowest BCUT2D eigenvalue weighted by atomic mass is 10.1. The molecule has 2 aromatic rings. The predicted molar refractivity (Wildman–Crippen MR) is 98.5 cm³/mol. The zero-order valence-electron chi connectivity index (χ0n) is 15.1. The highest BCUT2D eigenvalue weighted by Gasteiger charge is 2.38. The minimum absolute atomic E-state index is 0.0619. The molecule has 1 saturated heterocycles. The van der Waals surface area contributed by atoms with Gasteiger partial charge >= 0.3 is 0 Å². The Labute approximate surface area is 153 Å². The number of aromatic nitrogens is 2. The number of H-pyrrole nitrogens is 1.